The normalized spacial score (nSPS) is 14.8. The van der Waals surface area contributed by atoms with Gasteiger partial charge in [-0.1, -0.05) is 84.3 Å². The number of halogens is 1. The zero-order valence-corrected chi connectivity index (χ0v) is 16.6. The number of hydrogen-bond acceptors (Lipinski definition) is 1. The van der Waals surface area contributed by atoms with Gasteiger partial charge in [0.1, 0.15) is 0 Å². The van der Waals surface area contributed by atoms with Crippen molar-refractivity contribution >= 4 is 12.4 Å². The van der Waals surface area contributed by atoms with E-state index >= 15 is 0 Å². The molecular weight excluding hydrogens is 292 g/mol. The van der Waals surface area contributed by atoms with Crippen molar-refractivity contribution in [1.29, 1.82) is 0 Å². The van der Waals surface area contributed by atoms with E-state index < -0.39 is 0 Å². The summed E-state index contributed by atoms with van der Waals surface area (Å²) in [5.74, 6) is 2.63. The van der Waals surface area contributed by atoms with Crippen molar-refractivity contribution in [1.82, 2.24) is 0 Å². The molecule has 0 rings (SSSR count). The molecule has 0 saturated carbocycles. The van der Waals surface area contributed by atoms with E-state index in [1.165, 1.54) is 56.9 Å². The molecule has 22 heavy (non-hydrogen) atoms. The Morgan fingerprint density at radius 2 is 1.27 bits per heavy atom. The highest BCUT2D eigenvalue weighted by Gasteiger charge is 2.06. The molecule has 0 aromatic rings. The van der Waals surface area contributed by atoms with E-state index in [1.54, 1.807) is 0 Å². The van der Waals surface area contributed by atoms with Gasteiger partial charge in [0.15, 0.2) is 0 Å². The van der Waals surface area contributed by atoms with Crippen LogP contribution in [0.2, 0.25) is 0 Å². The van der Waals surface area contributed by atoms with Gasteiger partial charge in [0.2, 0.25) is 0 Å². The summed E-state index contributed by atoms with van der Waals surface area (Å²) < 4.78 is 0. The molecule has 0 aliphatic heterocycles. The van der Waals surface area contributed by atoms with Crippen LogP contribution >= 0.6 is 12.4 Å². The Hall–Kier alpha value is -0.0100. The average molecular weight is 333 g/mol. The summed E-state index contributed by atoms with van der Waals surface area (Å²) >= 11 is 0. The number of hydrogen-bond donors (Lipinski definition) is 1. The SMILES string of the molecule is C/C(=C\CO)CCC[C@H](C)CCC[C@H](C)CCCC(C)C.Cl. The third-order valence-electron chi connectivity index (χ3n) is 4.58. The van der Waals surface area contributed by atoms with E-state index in [9.17, 15) is 0 Å². The van der Waals surface area contributed by atoms with Crippen LogP contribution in [0.4, 0.5) is 0 Å². The van der Waals surface area contributed by atoms with Gasteiger partial charge in [-0.2, -0.15) is 0 Å². The molecule has 1 nitrogen and oxygen atoms in total. The van der Waals surface area contributed by atoms with Crippen molar-refractivity contribution in [2.24, 2.45) is 17.8 Å². The zero-order valence-electron chi connectivity index (χ0n) is 15.7. The smallest absolute Gasteiger partial charge is 0.0614 e. The lowest BCUT2D eigenvalue weighted by molar-refractivity contribution is 0.341. The van der Waals surface area contributed by atoms with Gasteiger partial charge in [-0.05, 0) is 37.5 Å². The van der Waals surface area contributed by atoms with Gasteiger partial charge >= 0.3 is 0 Å². The molecule has 0 unspecified atom stereocenters. The van der Waals surface area contributed by atoms with E-state index in [2.05, 4.69) is 34.6 Å². The molecule has 0 heterocycles. The maximum absolute atomic E-state index is 8.83. The topological polar surface area (TPSA) is 20.2 Å². The molecule has 0 spiro atoms. The van der Waals surface area contributed by atoms with E-state index in [0.29, 0.717) is 0 Å². The molecule has 0 bridgehead atoms. The summed E-state index contributed by atoms with van der Waals surface area (Å²) in [4.78, 5) is 0. The first kappa shape index (κ1) is 24.2. The van der Waals surface area contributed by atoms with Crippen LogP contribution in [0.3, 0.4) is 0 Å². The van der Waals surface area contributed by atoms with Crippen LogP contribution in [0.25, 0.3) is 0 Å². The summed E-state index contributed by atoms with van der Waals surface area (Å²) in [6, 6.07) is 0. The molecule has 1 N–H and O–H groups in total. The van der Waals surface area contributed by atoms with Crippen LogP contribution in [0.1, 0.15) is 92.4 Å². The Labute approximate surface area is 146 Å². The lowest BCUT2D eigenvalue weighted by Gasteiger charge is -2.15. The second-order valence-electron chi connectivity index (χ2n) is 7.59. The summed E-state index contributed by atoms with van der Waals surface area (Å²) in [5.41, 5.74) is 1.34. The lowest BCUT2D eigenvalue weighted by atomic mass is 9.91. The van der Waals surface area contributed by atoms with Gasteiger partial charge < -0.3 is 5.11 Å². The van der Waals surface area contributed by atoms with Crippen LogP contribution in [-0.2, 0) is 0 Å². The number of aliphatic hydroxyl groups excluding tert-OH is 1. The van der Waals surface area contributed by atoms with Crippen LogP contribution in [0.15, 0.2) is 11.6 Å². The average Bonchev–Trinajstić information content (AvgIpc) is 2.38. The van der Waals surface area contributed by atoms with Crippen LogP contribution < -0.4 is 0 Å². The molecule has 0 aliphatic rings. The van der Waals surface area contributed by atoms with Gasteiger partial charge in [-0.15, -0.1) is 12.4 Å². The van der Waals surface area contributed by atoms with E-state index in [0.717, 1.165) is 24.2 Å². The highest BCUT2D eigenvalue weighted by molar-refractivity contribution is 5.85. The minimum absolute atomic E-state index is 0. The predicted octanol–water partition coefficient (Wildman–Crippen LogP) is 6.79. The van der Waals surface area contributed by atoms with Crippen LogP contribution in [0.5, 0.6) is 0 Å². The highest BCUT2D eigenvalue weighted by atomic mass is 35.5. The van der Waals surface area contributed by atoms with Crippen LogP contribution in [0, 0.1) is 17.8 Å². The number of allylic oxidation sites excluding steroid dienone is 1. The van der Waals surface area contributed by atoms with E-state index in [1.807, 2.05) is 6.08 Å². The standard InChI is InChI=1S/C20H40O.ClH/c1-17(2)9-6-10-18(3)11-7-12-19(4)13-8-14-20(5)15-16-21;/h15,17-19,21H,6-14,16H2,1-5H3;1H/b20-15+;/t18-,19-;/m1./s1. The molecule has 0 aliphatic carbocycles. The van der Waals surface area contributed by atoms with Gasteiger partial charge in [0, 0.05) is 0 Å². The number of aliphatic hydroxyl groups is 1. The summed E-state index contributed by atoms with van der Waals surface area (Å²) in [6.45, 7) is 11.8. The molecule has 0 amide bonds. The molecule has 0 fully saturated rings. The van der Waals surface area contributed by atoms with Crippen molar-refractivity contribution in [3.8, 4) is 0 Å². The largest absolute Gasteiger partial charge is 0.392 e. The minimum Gasteiger partial charge on any atom is -0.392 e. The summed E-state index contributed by atoms with van der Waals surface area (Å²) in [6.07, 6.45) is 14.1. The molecule has 134 valence electrons. The first-order chi connectivity index (χ1) is 9.95. The minimum atomic E-state index is 0. The van der Waals surface area contributed by atoms with Gasteiger partial charge in [-0.3, -0.25) is 0 Å². The Balaban J connectivity index is 0. The first-order valence-electron chi connectivity index (χ1n) is 9.22. The fourth-order valence-corrected chi connectivity index (χ4v) is 2.97. The predicted molar refractivity (Wildman–Crippen MR) is 103 cm³/mol. The maximum Gasteiger partial charge on any atom is 0.0614 e. The second kappa shape index (κ2) is 15.9. The zero-order chi connectivity index (χ0) is 16.1. The van der Waals surface area contributed by atoms with E-state index in [-0.39, 0.29) is 19.0 Å². The van der Waals surface area contributed by atoms with Gasteiger partial charge in [-0.25, -0.2) is 0 Å². The molecule has 2 heteroatoms. The second-order valence-corrected chi connectivity index (χ2v) is 7.59. The highest BCUT2D eigenvalue weighted by Crippen LogP contribution is 2.21. The summed E-state index contributed by atoms with van der Waals surface area (Å²) in [7, 11) is 0. The molecule has 0 aromatic carbocycles. The van der Waals surface area contributed by atoms with Crippen molar-refractivity contribution in [3.05, 3.63) is 11.6 Å². The fourth-order valence-electron chi connectivity index (χ4n) is 2.97. The lowest BCUT2D eigenvalue weighted by Crippen LogP contribution is -2.00. The molecule has 0 saturated heterocycles. The fraction of sp³-hybridized carbons (Fsp3) is 0.900. The number of rotatable bonds is 13. The molecular formula is C20H41ClO. The third-order valence-corrected chi connectivity index (χ3v) is 4.58. The Bertz CT molecular complexity index is 260. The van der Waals surface area contributed by atoms with Gasteiger partial charge in [0.05, 0.1) is 6.61 Å². The van der Waals surface area contributed by atoms with Crippen molar-refractivity contribution in [2.75, 3.05) is 6.61 Å². The monoisotopic (exact) mass is 332 g/mol. The van der Waals surface area contributed by atoms with Crippen LogP contribution in [-0.4, -0.2) is 11.7 Å². The Kier molecular flexibility index (Phi) is 17.5. The van der Waals surface area contributed by atoms with Crippen molar-refractivity contribution in [2.45, 2.75) is 92.4 Å². The van der Waals surface area contributed by atoms with Crippen molar-refractivity contribution in [3.63, 3.8) is 0 Å². The molecule has 2 atom stereocenters. The Morgan fingerprint density at radius 3 is 1.73 bits per heavy atom. The first-order valence-corrected chi connectivity index (χ1v) is 9.22. The van der Waals surface area contributed by atoms with Crippen molar-refractivity contribution < 1.29 is 5.11 Å². The summed E-state index contributed by atoms with van der Waals surface area (Å²) in [5, 5.41) is 8.83. The Morgan fingerprint density at radius 1 is 0.818 bits per heavy atom. The third kappa shape index (κ3) is 16.4. The molecule has 0 radical (unpaired) electrons. The van der Waals surface area contributed by atoms with E-state index in [4.69, 9.17) is 5.11 Å². The maximum atomic E-state index is 8.83. The quantitative estimate of drug-likeness (QED) is 0.368. The molecule has 0 aromatic heterocycles. The van der Waals surface area contributed by atoms with Gasteiger partial charge in [0.25, 0.3) is 0 Å².